The smallest absolute Gasteiger partial charge is 0.237 e. The molecule has 1 aliphatic heterocycles. The molecule has 2 aromatic carbocycles. The molecule has 208 valence electrons. The first kappa shape index (κ1) is 27.7. The number of piperidine rings is 1. The lowest BCUT2D eigenvalue weighted by atomic mass is 10.1. The van der Waals surface area contributed by atoms with Crippen molar-refractivity contribution in [1.82, 2.24) is 20.3 Å². The van der Waals surface area contributed by atoms with E-state index in [0.717, 1.165) is 38.1 Å². The Bertz CT molecular complexity index is 1600. The minimum atomic E-state index is -4.05. The summed E-state index contributed by atoms with van der Waals surface area (Å²) in [6.07, 6.45) is 5.06. The first-order valence-corrected chi connectivity index (χ1v) is 14.5. The van der Waals surface area contributed by atoms with Crippen LogP contribution in [0.2, 0.25) is 5.02 Å². The fourth-order valence-corrected chi connectivity index (χ4v) is 5.52. The van der Waals surface area contributed by atoms with Gasteiger partial charge in [0.15, 0.2) is 11.6 Å². The molecule has 0 bridgehead atoms. The summed E-state index contributed by atoms with van der Waals surface area (Å²) in [5, 5.41) is 7.07. The molecule has 1 unspecified atom stereocenters. The summed E-state index contributed by atoms with van der Waals surface area (Å²) < 4.78 is 62.8. The molecule has 13 heteroatoms. The molecule has 1 saturated heterocycles. The van der Waals surface area contributed by atoms with Crippen LogP contribution in [0.15, 0.2) is 67.0 Å². The normalized spacial score (nSPS) is 15.4. The molecule has 1 aliphatic rings. The average molecular weight is 587 g/mol. The maximum atomic E-state index is 15.0. The van der Waals surface area contributed by atoms with E-state index < -0.39 is 38.8 Å². The molecule has 1 fully saturated rings. The Morgan fingerprint density at radius 2 is 1.85 bits per heavy atom. The second-order valence-electron chi connectivity index (χ2n) is 9.14. The molecular formula is C27H25ClF2N6O3S. The number of rotatable bonds is 9. The highest BCUT2D eigenvalue weighted by molar-refractivity contribution is 7.91. The van der Waals surface area contributed by atoms with Crippen molar-refractivity contribution in [3.05, 3.63) is 89.2 Å². The first-order valence-electron chi connectivity index (χ1n) is 12.4. The maximum absolute atomic E-state index is 15.0. The quantitative estimate of drug-likeness (QED) is 0.240. The van der Waals surface area contributed by atoms with E-state index in [9.17, 15) is 12.8 Å². The number of hydrogen-bond acceptors (Lipinski definition) is 8. The molecule has 0 radical (unpaired) electrons. The van der Waals surface area contributed by atoms with E-state index in [1.807, 2.05) is 0 Å². The summed E-state index contributed by atoms with van der Waals surface area (Å²) in [6, 6.07) is 13.5. The van der Waals surface area contributed by atoms with Gasteiger partial charge in [-0.2, -0.15) is 4.39 Å². The molecule has 9 nitrogen and oxygen atoms in total. The number of aromatic nitrogens is 3. The maximum Gasteiger partial charge on any atom is 0.237 e. The summed E-state index contributed by atoms with van der Waals surface area (Å²) in [7, 11) is -4.05. The van der Waals surface area contributed by atoms with Gasteiger partial charge in [0, 0.05) is 30.0 Å². The van der Waals surface area contributed by atoms with Crippen LogP contribution < -0.4 is 20.1 Å². The molecule has 0 spiro atoms. The lowest BCUT2D eigenvalue weighted by molar-refractivity contribution is 0.407. The van der Waals surface area contributed by atoms with E-state index in [1.54, 1.807) is 24.4 Å². The Labute approximate surface area is 235 Å². The molecule has 5 rings (SSSR count). The van der Waals surface area contributed by atoms with Crippen LogP contribution in [0.1, 0.15) is 18.4 Å². The molecule has 3 heterocycles. The van der Waals surface area contributed by atoms with E-state index in [-0.39, 0.29) is 11.9 Å². The Morgan fingerprint density at radius 1 is 1.02 bits per heavy atom. The Kier molecular flexibility index (Phi) is 8.38. The van der Waals surface area contributed by atoms with Crippen LogP contribution in [-0.4, -0.2) is 42.5 Å². The largest absolute Gasteiger partial charge is 0.435 e. The Hall–Kier alpha value is -3.87. The van der Waals surface area contributed by atoms with Gasteiger partial charge in [-0.05, 0) is 67.4 Å². The second kappa shape index (κ2) is 12.1. The van der Waals surface area contributed by atoms with E-state index in [2.05, 4.69) is 30.3 Å². The highest BCUT2D eigenvalue weighted by atomic mass is 35.5. The standard InChI is InChI=1S/C27H25ClF2N6O3S/c28-18-7-5-17(6-8-18)16-40(37,38)36-22-9-10-23(25(30)24(22)29)39-26-20(4-2-13-32-26)21-11-14-33-27(35-21)34-19-3-1-12-31-15-19/h2,4-11,13-14,19,31,36H,1,3,12,15-16H2,(H,33,34,35). The highest BCUT2D eigenvalue weighted by Crippen LogP contribution is 2.34. The van der Waals surface area contributed by atoms with Gasteiger partial charge < -0.3 is 15.4 Å². The third kappa shape index (κ3) is 6.82. The number of hydrogen-bond donors (Lipinski definition) is 3. The predicted octanol–water partition coefficient (Wildman–Crippen LogP) is 5.37. The van der Waals surface area contributed by atoms with Crippen LogP contribution in [0.4, 0.5) is 20.4 Å². The number of pyridine rings is 1. The molecule has 0 aliphatic carbocycles. The van der Waals surface area contributed by atoms with Crippen molar-refractivity contribution < 1.29 is 21.9 Å². The van der Waals surface area contributed by atoms with Gasteiger partial charge in [-0.25, -0.2) is 27.8 Å². The zero-order valence-corrected chi connectivity index (χ0v) is 22.6. The van der Waals surface area contributed by atoms with Gasteiger partial charge in [0.05, 0.1) is 22.7 Å². The molecule has 4 aromatic rings. The van der Waals surface area contributed by atoms with E-state index in [4.69, 9.17) is 16.3 Å². The van der Waals surface area contributed by atoms with Crippen molar-refractivity contribution >= 4 is 33.3 Å². The highest BCUT2D eigenvalue weighted by Gasteiger charge is 2.22. The van der Waals surface area contributed by atoms with Crippen LogP contribution in [0.25, 0.3) is 11.3 Å². The van der Waals surface area contributed by atoms with Gasteiger partial charge in [0.1, 0.15) is 0 Å². The third-order valence-corrected chi connectivity index (χ3v) is 7.62. The van der Waals surface area contributed by atoms with E-state index in [1.165, 1.54) is 30.5 Å². The van der Waals surface area contributed by atoms with Crippen molar-refractivity contribution in [2.24, 2.45) is 0 Å². The van der Waals surface area contributed by atoms with Crippen LogP contribution in [-0.2, 0) is 15.8 Å². The van der Waals surface area contributed by atoms with Crippen molar-refractivity contribution in [3.8, 4) is 22.9 Å². The summed E-state index contributed by atoms with van der Waals surface area (Å²) in [5.41, 5.74) is 0.779. The summed E-state index contributed by atoms with van der Waals surface area (Å²) in [6.45, 7) is 1.77. The molecule has 40 heavy (non-hydrogen) atoms. The van der Waals surface area contributed by atoms with E-state index >= 15 is 4.39 Å². The van der Waals surface area contributed by atoms with Gasteiger partial charge in [0.2, 0.25) is 27.7 Å². The zero-order chi connectivity index (χ0) is 28.1. The molecule has 1 atom stereocenters. The minimum absolute atomic E-state index is 0.0131. The average Bonchev–Trinajstić information content (AvgIpc) is 2.95. The Balaban J connectivity index is 1.34. The van der Waals surface area contributed by atoms with Gasteiger partial charge >= 0.3 is 0 Å². The Morgan fingerprint density at radius 3 is 2.62 bits per heavy atom. The SMILES string of the molecule is O=S(=O)(Cc1ccc(Cl)cc1)Nc1ccc(Oc2ncccc2-c2ccnc(NC3CCCNC3)n2)c(F)c1F. The summed E-state index contributed by atoms with van der Waals surface area (Å²) in [4.78, 5) is 13.0. The predicted molar refractivity (Wildman–Crippen MR) is 149 cm³/mol. The zero-order valence-electron chi connectivity index (χ0n) is 21.1. The summed E-state index contributed by atoms with van der Waals surface area (Å²) in [5.74, 6) is -3.30. The number of nitrogens with one attached hydrogen (secondary N) is 3. The van der Waals surface area contributed by atoms with Crippen molar-refractivity contribution in [3.63, 3.8) is 0 Å². The van der Waals surface area contributed by atoms with Gasteiger partial charge in [-0.15, -0.1) is 0 Å². The summed E-state index contributed by atoms with van der Waals surface area (Å²) >= 11 is 5.83. The number of ether oxygens (including phenoxy) is 1. The van der Waals surface area contributed by atoms with Crippen LogP contribution in [0, 0.1) is 11.6 Å². The second-order valence-corrected chi connectivity index (χ2v) is 11.3. The van der Waals surface area contributed by atoms with Gasteiger partial charge in [-0.3, -0.25) is 4.72 Å². The van der Waals surface area contributed by atoms with E-state index in [0.29, 0.717) is 27.8 Å². The fraction of sp³-hybridized carbons (Fsp3) is 0.222. The molecular weight excluding hydrogens is 562 g/mol. The van der Waals surface area contributed by atoms with Crippen LogP contribution in [0.5, 0.6) is 11.6 Å². The minimum Gasteiger partial charge on any atom is -0.435 e. The lowest BCUT2D eigenvalue weighted by Crippen LogP contribution is -2.38. The molecule has 2 aromatic heterocycles. The number of benzene rings is 2. The third-order valence-electron chi connectivity index (χ3n) is 6.12. The van der Waals surface area contributed by atoms with Crippen molar-refractivity contribution in [1.29, 1.82) is 0 Å². The first-order chi connectivity index (χ1) is 19.3. The number of anilines is 2. The van der Waals surface area contributed by atoms with Crippen molar-refractivity contribution in [2.75, 3.05) is 23.1 Å². The van der Waals surface area contributed by atoms with Gasteiger partial charge in [-0.1, -0.05) is 23.7 Å². The lowest BCUT2D eigenvalue weighted by Gasteiger charge is -2.23. The molecule has 0 saturated carbocycles. The van der Waals surface area contributed by atoms with Crippen molar-refractivity contribution in [2.45, 2.75) is 24.6 Å². The van der Waals surface area contributed by atoms with Gasteiger partial charge in [0.25, 0.3) is 0 Å². The molecule has 0 amide bonds. The fourth-order valence-electron chi connectivity index (χ4n) is 4.20. The number of nitrogens with zero attached hydrogens (tertiary/aromatic N) is 3. The molecule has 3 N–H and O–H groups in total. The topological polar surface area (TPSA) is 118 Å². The van der Waals surface area contributed by atoms with Crippen LogP contribution >= 0.6 is 11.6 Å². The number of halogens is 3. The monoisotopic (exact) mass is 586 g/mol. The van der Waals surface area contributed by atoms with Crippen LogP contribution in [0.3, 0.4) is 0 Å². The number of sulfonamides is 1.